The van der Waals surface area contributed by atoms with E-state index in [0.717, 1.165) is 35.6 Å². The zero-order chi connectivity index (χ0) is 24.3. The number of aromatic amines is 1. The van der Waals surface area contributed by atoms with E-state index >= 15 is 4.39 Å². The Kier molecular flexibility index (Phi) is 4.86. The Hall–Kier alpha value is -3.85. The van der Waals surface area contributed by atoms with Crippen LogP contribution in [0.1, 0.15) is 32.5 Å². The number of ether oxygens (including phenoxy) is 1. The van der Waals surface area contributed by atoms with E-state index in [1.165, 1.54) is 6.33 Å². The van der Waals surface area contributed by atoms with Crippen LogP contribution in [0.15, 0.2) is 48.9 Å². The molecule has 3 aromatic heterocycles. The van der Waals surface area contributed by atoms with Crippen LogP contribution in [0.2, 0.25) is 0 Å². The first-order chi connectivity index (χ1) is 16.8. The van der Waals surface area contributed by atoms with Gasteiger partial charge < -0.3 is 9.72 Å². The van der Waals surface area contributed by atoms with Gasteiger partial charge in [-0.05, 0) is 58.0 Å². The summed E-state index contributed by atoms with van der Waals surface area (Å²) in [5.41, 5.74) is 4.08. The number of H-pyrrole nitrogens is 1. The quantitative estimate of drug-likeness (QED) is 0.385. The van der Waals surface area contributed by atoms with Crippen LogP contribution in [-0.2, 0) is 0 Å². The summed E-state index contributed by atoms with van der Waals surface area (Å²) < 4.78 is 23.0. The minimum atomic E-state index is -0.428. The van der Waals surface area contributed by atoms with Gasteiger partial charge >= 0.3 is 0 Å². The summed E-state index contributed by atoms with van der Waals surface area (Å²) >= 11 is 0. The second kappa shape index (κ2) is 7.84. The lowest BCUT2D eigenvalue weighted by molar-refractivity contribution is 0.0148. The van der Waals surface area contributed by atoms with Gasteiger partial charge in [-0.25, -0.2) is 19.0 Å². The summed E-state index contributed by atoms with van der Waals surface area (Å²) in [7, 11) is 0. The average molecular weight is 472 g/mol. The monoisotopic (exact) mass is 471 g/mol. The van der Waals surface area contributed by atoms with E-state index in [1.54, 1.807) is 18.2 Å². The Morgan fingerprint density at radius 1 is 1.06 bits per heavy atom. The van der Waals surface area contributed by atoms with Crippen molar-refractivity contribution in [2.75, 3.05) is 13.1 Å². The third-order valence-electron chi connectivity index (χ3n) is 6.63. The molecule has 4 heterocycles. The Morgan fingerprint density at radius 2 is 1.89 bits per heavy atom. The third-order valence-corrected chi connectivity index (χ3v) is 6.63. The second-order valence-electron chi connectivity index (χ2n) is 10.1. The molecule has 8 nitrogen and oxygen atoms in total. The molecular formula is C26H26FN7O. The van der Waals surface area contributed by atoms with E-state index in [9.17, 15) is 0 Å². The number of hydrogen-bond acceptors (Lipinski definition) is 6. The third kappa shape index (κ3) is 3.81. The topological polar surface area (TPSA) is 84.8 Å². The van der Waals surface area contributed by atoms with Gasteiger partial charge in [0.05, 0.1) is 23.1 Å². The van der Waals surface area contributed by atoms with Crippen LogP contribution in [0.25, 0.3) is 33.1 Å². The van der Waals surface area contributed by atoms with E-state index in [0.29, 0.717) is 22.3 Å². The highest BCUT2D eigenvalue weighted by molar-refractivity contribution is 5.88. The number of likely N-dealkylation sites (tertiary alicyclic amines) is 1. The Morgan fingerprint density at radius 3 is 2.69 bits per heavy atom. The van der Waals surface area contributed by atoms with E-state index < -0.39 is 5.82 Å². The highest BCUT2D eigenvalue weighted by Gasteiger charge is 2.36. The van der Waals surface area contributed by atoms with E-state index in [2.05, 4.69) is 50.9 Å². The molecule has 0 spiro atoms. The average Bonchev–Trinajstić information content (AvgIpc) is 3.40. The maximum atomic E-state index is 15.1. The molecule has 0 aliphatic carbocycles. The second-order valence-corrected chi connectivity index (χ2v) is 10.1. The van der Waals surface area contributed by atoms with Gasteiger partial charge in [-0.3, -0.25) is 4.90 Å². The number of aromatic nitrogens is 6. The van der Waals surface area contributed by atoms with Gasteiger partial charge in [0.2, 0.25) is 5.88 Å². The molecule has 1 N–H and O–H groups in total. The van der Waals surface area contributed by atoms with Crippen LogP contribution in [0, 0.1) is 12.7 Å². The van der Waals surface area contributed by atoms with Gasteiger partial charge in [0, 0.05) is 40.8 Å². The first-order valence-corrected chi connectivity index (χ1v) is 11.6. The van der Waals surface area contributed by atoms with Crippen molar-refractivity contribution in [1.82, 2.24) is 34.8 Å². The van der Waals surface area contributed by atoms with Gasteiger partial charge in [0.25, 0.3) is 0 Å². The van der Waals surface area contributed by atoms with Gasteiger partial charge in [-0.1, -0.05) is 11.3 Å². The van der Waals surface area contributed by atoms with Crippen LogP contribution in [0.4, 0.5) is 4.39 Å². The molecule has 1 saturated heterocycles. The molecule has 35 heavy (non-hydrogen) atoms. The van der Waals surface area contributed by atoms with Crippen molar-refractivity contribution < 1.29 is 9.13 Å². The van der Waals surface area contributed by atoms with Crippen molar-refractivity contribution in [2.45, 2.75) is 39.3 Å². The standard InChI is InChI=1S/C26H26FN7O/c1-15-9-18-21(30-15)7-8-23(24(18)27)35-25-19-10-16(5-6-20(19)28-14-29-25)22-13-34(32-31-22)17-11-33(12-17)26(2,3)4/h5-10,13-14,17,30H,11-12H2,1-4H3. The first-order valence-electron chi connectivity index (χ1n) is 11.6. The highest BCUT2D eigenvalue weighted by atomic mass is 19.1. The maximum absolute atomic E-state index is 15.1. The van der Waals surface area contributed by atoms with Crippen molar-refractivity contribution >= 4 is 21.8 Å². The molecule has 9 heteroatoms. The highest BCUT2D eigenvalue weighted by Crippen LogP contribution is 2.34. The van der Waals surface area contributed by atoms with Crippen molar-refractivity contribution in [3.63, 3.8) is 0 Å². The largest absolute Gasteiger partial charge is 0.435 e. The predicted octanol–water partition coefficient (Wildman–Crippen LogP) is 5.26. The van der Waals surface area contributed by atoms with Crippen molar-refractivity contribution in [3.05, 3.63) is 60.4 Å². The summed E-state index contributed by atoms with van der Waals surface area (Å²) in [6.45, 7) is 10.4. The van der Waals surface area contributed by atoms with E-state index in [1.807, 2.05) is 36.0 Å². The fourth-order valence-electron chi connectivity index (χ4n) is 4.50. The minimum absolute atomic E-state index is 0.112. The van der Waals surface area contributed by atoms with Crippen LogP contribution >= 0.6 is 0 Å². The molecule has 0 amide bonds. The van der Waals surface area contributed by atoms with Crippen molar-refractivity contribution in [2.24, 2.45) is 0 Å². The summed E-state index contributed by atoms with van der Waals surface area (Å²) in [6.07, 6.45) is 3.39. The SMILES string of the molecule is Cc1cc2c(F)c(Oc3ncnc4ccc(-c5cn(C6CN(C(C)(C)C)C6)nn5)cc34)ccc2[nH]1. The maximum Gasteiger partial charge on any atom is 0.230 e. The molecule has 0 atom stereocenters. The molecule has 0 radical (unpaired) electrons. The van der Waals surface area contributed by atoms with Gasteiger partial charge in [-0.15, -0.1) is 5.10 Å². The smallest absolute Gasteiger partial charge is 0.230 e. The van der Waals surface area contributed by atoms with Gasteiger partial charge in [0.15, 0.2) is 11.6 Å². The number of benzene rings is 2. The number of fused-ring (bicyclic) bond motifs is 2. The van der Waals surface area contributed by atoms with Crippen LogP contribution in [-0.4, -0.2) is 53.5 Å². The van der Waals surface area contributed by atoms with Crippen LogP contribution in [0.3, 0.4) is 0 Å². The zero-order valence-corrected chi connectivity index (χ0v) is 20.1. The first kappa shape index (κ1) is 21.7. The predicted molar refractivity (Wildman–Crippen MR) is 132 cm³/mol. The van der Waals surface area contributed by atoms with E-state index in [-0.39, 0.29) is 17.2 Å². The number of hydrogen-bond donors (Lipinski definition) is 1. The lowest BCUT2D eigenvalue weighted by Crippen LogP contribution is -2.56. The van der Waals surface area contributed by atoms with Gasteiger partial charge in [-0.2, -0.15) is 0 Å². The van der Waals surface area contributed by atoms with Crippen LogP contribution < -0.4 is 4.74 Å². The Bertz CT molecular complexity index is 1560. The number of nitrogens with one attached hydrogen (secondary N) is 1. The van der Waals surface area contributed by atoms with E-state index in [4.69, 9.17) is 4.74 Å². The summed E-state index contributed by atoms with van der Waals surface area (Å²) in [5, 5.41) is 9.92. The summed E-state index contributed by atoms with van der Waals surface area (Å²) in [5.74, 6) is -0.0293. The number of rotatable bonds is 4. The molecule has 0 unspecified atom stereocenters. The van der Waals surface area contributed by atoms with Crippen molar-refractivity contribution in [3.8, 4) is 22.9 Å². The van der Waals surface area contributed by atoms with Gasteiger partial charge in [0.1, 0.15) is 12.0 Å². The lowest BCUT2D eigenvalue weighted by atomic mass is 9.98. The molecule has 178 valence electrons. The molecule has 1 aliphatic heterocycles. The molecule has 2 aromatic carbocycles. The molecule has 1 aliphatic rings. The molecule has 1 fully saturated rings. The zero-order valence-electron chi connectivity index (χ0n) is 20.1. The van der Waals surface area contributed by atoms with Crippen LogP contribution in [0.5, 0.6) is 11.6 Å². The number of nitrogens with zero attached hydrogens (tertiary/aromatic N) is 6. The minimum Gasteiger partial charge on any atom is -0.435 e. The molecule has 0 saturated carbocycles. The summed E-state index contributed by atoms with van der Waals surface area (Å²) in [6, 6.07) is 11.2. The molecule has 6 rings (SSSR count). The summed E-state index contributed by atoms with van der Waals surface area (Å²) in [4.78, 5) is 14.2. The van der Waals surface area contributed by atoms with Crippen molar-refractivity contribution in [1.29, 1.82) is 0 Å². The Balaban J connectivity index is 1.31. The fraction of sp³-hybridized carbons (Fsp3) is 0.308. The molecular weight excluding hydrogens is 445 g/mol. The molecule has 5 aromatic rings. The number of aryl methyl sites for hydroxylation is 1. The lowest BCUT2D eigenvalue weighted by Gasteiger charge is -2.47. The Labute approximate surface area is 201 Å². The normalized spacial score (nSPS) is 15.1. The molecule has 0 bridgehead atoms. The number of halogens is 1. The fourth-order valence-corrected chi connectivity index (χ4v) is 4.50.